The van der Waals surface area contributed by atoms with Crippen molar-refractivity contribution in [2.75, 3.05) is 6.61 Å². The van der Waals surface area contributed by atoms with Gasteiger partial charge in [0, 0.05) is 0 Å². The van der Waals surface area contributed by atoms with E-state index in [1.165, 1.54) is 39.4 Å². The Morgan fingerprint density at radius 2 is 1.72 bits per heavy atom. The molecular weight excluding hydrogens is 219 g/mol. The third kappa shape index (κ3) is 5.78. The van der Waals surface area contributed by atoms with Gasteiger partial charge >= 0.3 is 0 Å². The van der Waals surface area contributed by atoms with E-state index in [2.05, 4.69) is 34.6 Å². The average molecular weight is 252 g/mol. The first-order valence-electron chi connectivity index (χ1n) is 8.22. The molecule has 0 aliphatic carbocycles. The molecule has 0 aromatic heterocycles. The molecule has 1 heterocycles. The maximum atomic E-state index is 5.49. The summed E-state index contributed by atoms with van der Waals surface area (Å²) < 4.78 is 5.49. The lowest BCUT2D eigenvalue weighted by molar-refractivity contribution is 0.303. The quantitative estimate of drug-likeness (QED) is 0.406. The molecular formula is C16H33BO. The van der Waals surface area contributed by atoms with Crippen LogP contribution in [0.3, 0.4) is 0 Å². The van der Waals surface area contributed by atoms with Gasteiger partial charge in [0.05, 0.1) is 12.7 Å². The SMILES string of the molecule is CCC(C)CC(C)BC(CC)CC(CC)C1CO1. The summed E-state index contributed by atoms with van der Waals surface area (Å²) in [6, 6.07) is 0. The topological polar surface area (TPSA) is 12.5 Å². The molecule has 1 rings (SSSR count). The Labute approximate surface area is 115 Å². The van der Waals surface area contributed by atoms with Crippen LogP contribution in [0.4, 0.5) is 0 Å². The second-order valence-corrected chi connectivity index (χ2v) is 6.64. The molecule has 0 radical (unpaired) electrons. The number of hydrogen-bond donors (Lipinski definition) is 0. The van der Waals surface area contributed by atoms with Crippen LogP contribution < -0.4 is 0 Å². The third-order valence-corrected chi connectivity index (χ3v) is 4.86. The van der Waals surface area contributed by atoms with Gasteiger partial charge in [-0.05, 0) is 11.8 Å². The zero-order valence-corrected chi connectivity index (χ0v) is 13.2. The van der Waals surface area contributed by atoms with Crippen molar-refractivity contribution in [3.63, 3.8) is 0 Å². The van der Waals surface area contributed by atoms with Gasteiger partial charge in [-0.15, -0.1) is 0 Å². The summed E-state index contributed by atoms with van der Waals surface area (Å²) in [4.78, 5) is 0. The van der Waals surface area contributed by atoms with Gasteiger partial charge in [0.25, 0.3) is 0 Å². The molecule has 1 aliphatic rings. The van der Waals surface area contributed by atoms with Crippen LogP contribution in [-0.2, 0) is 4.74 Å². The largest absolute Gasteiger partial charge is 0.373 e. The summed E-state index contributed by atoms with van der Waals surface area (Å²) in [5.74, 6) is 3.53. The van der Waals surface area contributed by atoms with E-state index in [1.807, 2.05) is 0 Å². The van der Waals surface area contributed by atoms with Crippen molar-refractivity contribution < 1.29 is 4.74 Å². The Morgan fingerprint density at radius 1 is 1.06 bits per heavy atom. The van der Waals surface area contributed by atoms with Gasteiger partial charge in [0.1, 0.15) is 7.28 Å². The maximum Gasteiger partial charge on any atom is 0.127 e. The van der Waals surface area contributed by atoms with Gasteiger partial charge in [-0.1, -0.05) is 78.4 Å². The molecule has 18 heavy (non-hydrogen) atoms. The summed E-state index contributed by atoms with van der Waals surface area (Å²) in [7, 11) is 1.42. The molecule has 1 nitrogen and oxygen atoms in total. The van der Waals surface area contributed by atoms with E-state index >= 15 is 0 Å². The summed E-state index contributed by atoms with van der Waals surface area (Å²) in [6.07, 6.45) is 7.37. The zero-order valence-electron chi connectivity index (χ0n) is 13.2. The highest BCUT2D eigenvalue weighted by Crippen LogP contribution is 2.34. The van der Waals surface area contributed by atoms with Crippen LogP contribution in [0.25, 0.3) is 0 Å². The Morgan fingerprint density at radius 3 is 2.17 bits per heavy atom. The normalized spacial score (nSPS) is 25.3. The van der Waals surface area contributed by atoms with E-state index in [9.17, 15) is 0 Å². The van der Waals surface area contributed by atoms with Crippen molar-refractivity contribution in [3.8, 4) is 0 Å². The zero-order chi connectivity index (χ0) is 13.5. The second kappa shape index (κ2) is 8.25. The molecule has 1 fully saturated rings. The van der Waals surface area contributed by atoms with Gasteiger partial charge in [-0.3, -0.25) is 0 Å². The number of ether oxygens (including phenoxy) is 1. The Bertz CT molecular complexity index is 215. The standard InChI is InChI=1S/C16H33BO/c1-6-12(4)9-13(5)17-15(8-3)10-14(7-2)16-11-18-16/h12-17H,6-11H2,1-5H3. The van der Waals surface area contributed by atoms with Crippen LogP contribution in [0.15, 0.2) is 0 Å². The molecule has 106 valence electrons. The molecule has 0 amide bonds. The highest BCUT2D eigenvalue weighted by atomic mass is 16.6. The van der Waals surface area contributed by atoms with Crippen molar-refractivity contribution in [3.05, 3.63) is 0 Å². The predicted octanol–water partition coefficient (Wildman–Crippen LogP) is 4.68. The molecule has 0 aromatic carbocycles. The lowest BCUT2D eigenvalue weighted by Gasteiger charge is -2.23. The molecule has 1 aliphatic heterocycles. The maximum absolute atomic E-state index is 5.49. The summed E-state index contributed by atoms with van der Waals surface area (Å²) in [5, 5.41) is 0. The second-order valence-electron chi connectivity index (χ2n) is 6.64. The van der Waals surface area contributed by atoms with E-state index in [0.717, 1.165) is 30.1 Å². The Balaban J connectivity index is 2.30. The number of epoxide rings is 1. The Kier molecular flexibility index (Phi) is 7.37. The molecule has 5 unspecified atom stereocenters. The summed E-state index contributed by atoms with van der Waals surface area (Å²) in [5.41, 5.74) is 0. The number of rotatable bonds is 10. The van der Waals surface area contributed by atoms with Gasteiger partial charge in [0.15, 0.2) is 0 Å². The van der Waals surface area contributed by atoms with Crippen molar-refractivity contribution >= 4 is 7.28 Å². The minimum Gasteiger partial charge on any atom is -0.373 e. The van der Waals surface area contributed by atoms with Crippen molar-refractivity contribution in [1.29, 1.82) is 0 Å². The van der Waals surface area contributed by atoms with Gasteiger partial charge in [0.2, 0.25) is 0 Å². The molecule has 0 aromatic rings. The van der Waals surface area contributed by atoms with E-state index in [0.29, 0.717) is 6.10 Å². The average Bonchev–Trinajstić information content (AvgIpc) is 3.18. The minimum absolute atomic E-state index is 0.605. The fourth-order valence-electron chi connectivity index (χ4n) is 3.29. The van der Waals surface area contributed by atoms with Crippen LogP contribution in [0, 0.1) is 11.8 Å². The lowest BCUT2D eigenvalue weighted by atomic mass is 9.51. The van der Waals surface area contributed by atoms with Gasteiger partial charge in [-0.25, -0.2) is 0 Å². The Hall–Kier alpha value is 0.0249. The van der Waals surface area contributed by atoms with Crippen LogP contribution >= 0.6 is 0 Å². The predicted molar refractivity (Wildman–Crippen MR) is 82.8 cm³/mol. The fourth-order valence-corrected chi connectivity index (χ4v) is 3.29. The van der Waals surface area contributed by atoms with E-state index in [4.69, 9.17) is 4.74 Å². The first-order chi connectivity index (χ1) is 8.60. The summed E-state index contributed by atoms with van der Waals surface area (Å²) >= 11 is 0. The molecule has 5 atom stereocenters. The molecule has 1 saturated heterocycles. The van der Waals surface area contributed by atoms with Crippen LogP contribution in [0.1, 0.15) is 66.7 Å². The summed E-state index contributed by atoms with van der Waals surface area (Å²) in [6.45, 7) is 12.9. The molecule has 0 bridgehead atoms. The van der Waals surface area contributed by atoms with Crippen LogP contribution in [0.5, 0.6) is 0 Å². The molecule has 2 heteroatoms. The molecule has 0 N–H and O–H groups in total. The van der Waals surface area contributed by atoms with E-state index in [-0.39, 0.29) is 0 Å². The first-order valence-corrected chi connectivity index (χ1v) is 8.22. The van der Waals surface area contributed by atoms with Crippen molar-refractivity contribution in [2.45, 2.75) is 84.5 Å². The van der Waals surface area contributed by atoms with Crippen LogP contribution in [0.2, 0.25) is 11.6 Å². The van der Waals surface area contributed by atoms with Crippen molar-refractivity contribution in [1.82, 2.24) is 0 Å². The molecule has 0 saturated carbocycles. The highest BCUT2D eigenvalue weighted by Gasteiger charge is 2.33. The molecule has 0 spiro atoms. The van der Waals surface area contributed by atoms with Crippen LogP contribution in [-0.4, -0.2) is 20.0 Å². The number of hydrogen-bond acceptors (Lipinski definition) is 1. The third-order valence-electron chi connectivity index (χ3n) is 4.86. The van der Waals surface area contributed by atoms with E-state index < -0.39 is 0 Å². The fraction of sp³-hybridized carbons (Fsp3) is 1.00. The highest BCUT2D eigenvalue weighted by molar-refractivity contribution is 6.39. The van der Waals surface area contributed by atoms with Crippen molar-refractivity contribution in [2.24, 2.45) is 11.8 Å². The van der Waals surface area contributed by atoms with Gasteiger partial charge < -0.3 is 4.74 Å². The lowest BCUT2D eigenvalue weighted by Crippen LogP contribution is -2.17. The smallest absolute Gasteiger partial charge is 0.127 e. The van der Waals surface area contributed by atoms with E-state index in [1.54, 1.807) is 0 Å². The minimum atomic E-state index is 0.605. The first kappa shape index (κ1) is 16.1. The van der Waals surface area contributed by atoms with Gasteiger partial charge in [-0.2, -0.15) is 0 Å². The monoisotopic (exact) mass is 252 g/mol.